The molecule has 10 heteroatoms. The number of carboxylic acid groups (broad SMARTS) is 1. The van der Waals surface area contributed by atoms with Gasteiger partial charge in [-0.1, -0.05) is 64.7 Å². The number of carbonyl (C=O) groups is 5. The molecule has 0 spiro atoms. The van der Waals surface area contributed by atoms with Crippen molar-refractivity contribution in [3.63, 3.8) is 0 Å². The van der Waals surface area contributed by atoms with E-state index in [0.717, 1.165) is 19.3 Å². The Morgan fingerprint density at radius 2 is 1.09 bits per heavy atom. The minimum absolute atomic E-state index is 0.232. The van der Waals surface area contributed by atoms with Crippen molar-refractivity contribution in [3.05, 3.63) is 0 Å². The largest absolute Gasteiger partial charge is 0.481 e. The molecule has 184 valence electrons. The van der Waals surface area contributed by atoms with Gasteiger partial charge < -0.3 is 25.8 Å². The minimum atomic E-state index is -1.11. The fourth-order valence-corrected chi connectivity index (χ4v) is 2.79. The first-order valence-electron chi connectivity index (χ1n) is 11.5. The van der Waals surface area contributed by atoms with Crippen LogP contribution >= 0.6 is 0 Å². The Bertz CT molecular complexity index is 582. The number of amides is 3. The number of hydrogen-bond donors (Lipinski definition) is 4. The van der Waals surface area contributed by atoms with Gasteiger partial charge in [0.15, 0.2) is 0 Å². The molecule has 0 fully saturated rings. The molecule has 0 rings (SSSR count). The molecule has 0 aromatic heterocycles. The molecule has 0 unspecified atom stereocenters. The van der Waals surface area contributed by atoms with E-state index < -0.39 is 29.7 Å². The standard InChI is InChI=1S/C22H39N3O7/c1-2-3-4-5-6-7-8-9-10-11-14-32-22(31)17-25-20(28)16-24-19(27)15-23-18(26)12-13-21(29)30/h2-17H2,1H3,(H,23,26)(H,24,27)(H,25,28)(H,29,30). The molecule has 3 amide bonds. The van der Waals surface area contributed by atoms with E-state index in [1.807, 2.05) is 0 Å². The fourth-order valence-electron chi connectivity index (χ4n) is 2.79. The van der Waals surface area contributed by atoms with Gasteiger partial charge in [0.2, 0.25) is 17.7 Å². The van der Waals surface area contributed by atoms with Crippen LogP contribution in [0.15, 0.2) is 0 Å². The van der Waals surface area contributed by atoms with Gasteiger partial charge in [0.1, 0.15) is 6.54 Å². The molecule has 32 heavy (non-hydrogen) atoms. The van der Waals surface area contributed by atoms with Gasteiger partial charge in [0.05, 0.1) is 26.1 Å². The molecule has 0 saturated carbocycles. The summed E-state index contributed by atoms with van der Waals surface area (Å²) in [5.74, 6) is -3.38. The highest BCUT2D eigenvalue weighted by atomic mass is 16.5. The lowest BCUT2D eigenvalue weighted by Crippen LogP contribution is -2.43. The molecule has 0 saturated heterocycles. The SMILES string of the molecule is CCCCCCCCCCCCOC(=O)CNC(=O)CNC(=O)CNC(=O)CCC(=O)O. The molecule has 0 aliphatic heterocycles. The summed E-state index contributed by atoms with van der Waals surface area (Å²) in [4.78, 5) is 56.5. The fraction of sp³-hybridized carbons (Fsp3) is 0.773. The minimum Gasteiger partial charge on any atom is -0.481 e. The summed E-state index contributed by atoms with van der Waals surface area (Å²) in [5.41, 5.74) is 0. The van der Waals surface area contributed by atoms with Crippen LogP contribution in [0.5, 0.6) is 0 Å². The first-order valence-corrected chi connectivity index (χ1v) is 11.5. The Morgan fingerprint density at radius 3 is 1.62 bits per heavy atom. The third-order valence-electron chi connectivity index (χ3n) is 4.65. The van der Waals surface area contributed by atoms with E-state index in [2.05, 4.69) is 22.9 Å². The van der Waals surface area contributed by atoms with Crippen LogP contribution in [0.2, 0.25) is 0 Å². The summed E-state index contributed by atoms with van der Waals surface area (Å²) in [6, 6.07) is 0. The number of esters is 1. The van der Waals surface area contributed by atoms with Crippen molar-refractivity contribution < 1.29 is 33.8 Å². The highest BCUT2D eigenvalue weighted by molar-refractivity contribution is 5.89. The molecule has 0 atom stereocenters. The van der Waals surface area contributed by atoms with Crippen molar-refractivity contribution in [2.75, 3.05) is 26.2 Å². The van der Waals surface area contributed by atoms with E-state index >= 15 is 0 Å². The Kier molecular flexibility index (Phi) is 18.6. The number of ether oxygens (including phenoxy) is 1. The number of aliphatic carboxylic acids is 1. The van der Waals surface area contributed by atoms with Crippen molar-refractivity contribution >= 4 is 29.7 Å². The zero-order valence-corrected chi connectivity index (χ0v) is 19.2. The average Bonchev–Trinajstić information content (AvgIpc) is 2.76. The quantitative estimate of drug-likeness (QED) is 0.160. The van der Waals surface area contributed by atoms with E-state index in [1.54, 1.807) is 0 Å². The molecule has 10 nitrogen and oxygen atoms in total. The average molecular weight is 458 g/mol. The normalized spacial score (nSPS) is 10.3. The Morgan fingerprint density at radius 1 is 0.625 bits per heavy atom. The van der Waals surface area contributed by atoms with Gasteiger partial charge in [-0.2, -0.15) is 0 Å². The van der Waals surface area contributed by atoms with Crippen LogP contribution < -0.4 is 16.0 Å². The second-order valence-corrected chi connectivity index (χ2v) is 7.63. The van der Waals surface area contributed by atoms with E-state index in [1.165, 1.54) is 44.9 Å². The Hall–Kier alpha value is -2.65. The van der Waals surface area contributed by atoms with E-state index in [4.69, 9.17) is 9.84 Å². The molecular weight excluding hydrogens is 418 g/mol. The van der Waals surface area contributed by atoms with Crippen molar-refractivity contribution in [2.45, 2.75) is 84.0 Å². The molecule has 0 aromatic rings. The van der Waals surface area contributed by atoms with Crippen molar-refractivity contribution in [1.82, 2.24) is 16.0 Å². The van der Waals surface area contributed by atoms with E-state index in [0.29, 0.717) is 6.61 Å². The Labute approximate surface area is 190 Å². The van der Waals surface area contributed by atoms with Crippen LogP contribution in [0.4, 0.5) is 0 Å². The van der Waals surface area contributed by atoms with Crippen molar-refractivity contribution in [2.24, 2.45) is 0 Å². The maximum Gasteiger partial charge on any atom is 0.325 e. The van der Waals surface area contributed by atoms with Crippen LogP contribution in [-0.2, 0) is 28.7 Å². The predicted molar refractivity (Wildman–Crippen MR) is 119 cm³/mol. The second kappa shape index (κ2) is 20.3. The summed E-state index contributed by atoms with van der Waals surface area (Å²) in [6.07, 6.45) is 11.3. The van der Waals surface area contributed by atoms with Gasteiger partial charge >= 0.3 is 11.9 Å². The number of rotatable bonds is 20. The molecule has 0 radical (unpaired) electrons. The number of carbonyl (C=O) groups excluding carboxylic acids is 4. The highest BCUT2D eigenvalue weighted by Gasteiger charge is 2.10. The lowest BCUT2D eigenvalue weighted by Gasteiger charge is -2.08. The van der Waals surface area contributed by atoms with Crippen LogP contribution in [0.25, 0.3) is 0 Å². The first kappa shape index (κ1) is 29.4. The number of hydrogen-bond acceptors (Lipinski definition) is 6. The zero-order chi connectivity index (χ0) is 24.0. The van der Waals surface area contributed by atoms with Gasteiger partial charge in [-0.15, -0.1) is 0 Å². The molecule has 0 aromatic carbocycles. The van der Waals surface area contributed by atoms with Gasteiger partial charge in [-0.3, -0.25) is 24.0 Å². The molecule has 0 heterocycles. The van der Waals surface area contributed by atoms with Crippen molar-refractivity contribution in [3.8, 4) is 0 Å². The first-order chi connectivity index (χ1) is 15.3. The second-order valence-electron chi connectivity index (χ2n) is 7.63. The molecule has 0 bridgehead atoms. The van der Waals surface area contributed by atoms with Crippen LogP contribution in [-0.4, -0.2) is 61.0 Å². The summed E-state index contributed by atoms with van der Waals surface area (Å²) in [7, 11) is 0. The molecular formula is C22H39N3O7. The Balaban J connectivity index is 3.57. The summed E-state index contributed by atoms with van der Waals surface area (Å²) in [6.45, 7) is 1.53. The number of unbranched alkanes of at least 4 members (excludes halogenated alkanes) is 9. The lowest BCUT2D eigenvalue weighted by molar-refractivity contribution is -0.144. The monoisotopic (exact) mass is 457 g/mol. The van der Waals surface area contributed by atoms with Crippen LogP contribution in [0.1, 0.15) is 84.0 Å². The zero-order valence-electron chi connectivity index (χ0n) is 19.2. The maximum atomic E-state index is 11.6. The maximum absolute atomic E-state index is 11.6. The number of carboxylic acids is 1. The molecule has 0 aliphatic carbocycles. The predicted octanol–water partition coefficient (Wildman–Crippen LogP) is 1.66. The van der Waals surface area contributed by atoms with Gasteiger partial charge in [0.25, 0.3) is 0 Å². The van der Waals surface area contributed by atoms with Crippen molar-refractivity contribution in [1.29, 1.82) is 0 Å². The number of nitrogens with one attached hydrogen (secondary N) is 3. The van der Waals surface area contributed by atoms with Gasteiger partial charge in [-0.05, 0) is 6.42 Å². The topological polar surface area (TPSA) is 151 Å². The lowest BCUT2D eigenvalue weighted by atomic mass is 10.1. The van der Waals surface area contributed by atoms with Gasteiger partial charge in [-0.25, -0.2) is 0 Å². The van der Waals surface area contributed by atoms with Crippen LogP contribution in [0, 0.1) is 0 Å². The van der Waals surface area contributed by atoms with E-state index in [9.17, 15) is 24.0 Å². The third kappa shape index (κ3) is 20.6. The van der Waals surface area contributed by atoms with Crippen LogP contribution in [0.3, 0.4) is 0 Å². The third-order valence-corrected chi connectivity index (χ3v) is 4.65. The molecule has 0 aliphatic rings. The van der Waals surface area contributed by atoms with E-state index in [-0.39, 0.29) is 32.5 Å². The summed E-state index contributed by atoms with van der Waals surface area (Å²) < 4.78 is 5.06. The van der Waals surface area contributed by atoms with Gasteiger partial charge in [0, 0.05) is 6.42 Å². The molecule has 4 N–H and O–H groups in total. The summed E-state index contributed by atoms with van der Waals surface area (Å²) >= 11 is 0. The summed E-state index contributed by atoms with van der Waals surface area (Å²) in [5, 5.41) is 15.3. The highest BCUT2D eigenvalue weighted by Crippen LogP contribution is 2.10. The smallest absolute Gasteiger partial charge is 0.325 e.